The van der Waals surface area contributed by atoms with Gasteiger partial charge in [0.2, 0.25) is 0 Å². The Morgan fingerprint density at radius 1 is 0.833 bits per heavy atom. The van der Waals surface area contributed by atoms with Crippen LogP contribution >= 0.6 is 0 Å². The Hall–Kier alpha value is -1.64. The third-order valence-corrected chi connectivity index (χ3v) is 3.21. The lowest BCUT2D eigenvalue weighted by Crippen LogP contribution is -1.95. The molecule has 0 aliphatic heterocycles. The van der Waals surface area contributed by atoms with E-state index in [0.717, 1.165) is 22.3 Å². The van der Waals surface area contributed by atoms with E-state index in [0.29, 0.717) is 0 Å². The van der Waals surface area contributed by atoms with Crippen LogP contribution in [0.1, 0.15) is 22.3 Å². The zero-order valence-electron chi connectivity index (χ0n) is 10.8. The first kappa shape index (κ1) is 12.8. The van der Waals surface area contributed by atoms with E-state index in [2.05, 4.69) is 32.0 Å². The maximum Gasteiger partial charge on any atom is 0.0687 e. The third-order valence-electron chi connectivity index (χ3n) is 3.21. The van der Waals surface area contributed by atoms with Gasteiger partial charge < -0.3 is 10.2 Å². The molecule has 0 amide bonds. The molecule has 0 atom stereocenters. The normalized spacial score (nSPS) is 10.7. The lowest BCUT2D eigenvalue weighted by atomic mass is 9.93. The van der Waals surface area contributed by atoms with Gasteiger partial charge in [-0.3, -0.25) is 0 Å². The molecule has 2 aromatic rings. The number of hydrogen-bond donors (Lipinski definition) is 2. The van der Waals surface area contributed by atoms with Crippen LogP contribution in [-0.4, -0.2) is 10.2 Å². The van der Waals surface area contributed by atoms with Crippen molar-refractivity contribution in [3.05, 3.63) is 58.7 Å². The summed E-state index contributed by atoms with van der Waals surface area (Å²) in [7, 11) is 0. The summed E-state index contributed by atoms with van der Waals surface area (Å²) in [5.74, 6) is 0. The molecule has 2 heteroatoms. The Morgan fingerprint density at radius 3 is 2.28 bits per heavy atom. The second-order valence-corrected chi connectivity index (χ2v) is 4.63. The number of hydrogen-bond acceptors (Lipinski definition) is 2. The van der Waals surface area contributed by atoms with Gasteiger partial charge in [0.25, 0.3) is 0 Å². The Labute approximate surface area is 108 Å². The summed E-state index contributed by atoms with van der Waals surface area (Å²) in [5.41, 5.74) is 6.24. The largest absolute Gasteiger partial charge is 0.392 e. The van der Waals surface area contributed by atoms with Crippen LogP contribution in [-0.2, 0) is 13.2 Å². The quantitative estimate of drug-likeness (QED) is 0.868. The molecule has 18 heavy (non-hydrogen) atoms. The van der Waals surface area contributed by atoms with Crippen LogP contribution in [0.5, 0.6) is 0 Å². The van der Waals surface area contributed by atoms with Crippen LogP contribution < -0.4 is 0 Å². The molecule has 2 N–H and O–H groups in total. The predicted octanol–water partition coefficient (Wildman–Crippen LogP) is 2.96. The fourth-order valence-electron chi connectivity index (χ4n) is 2.14. The highest BCUT2D eigenvalue weighted by molar-refractivity contribution is 5.71. The lowest BCUT2D eigenvalue weighted by Gasteiger charge is -2.13. The number of aliphatic hydroxyl groups is 2. The molecule has 0 radical (unpaired) electrons. The van der Waals surface area contributed by atoms with Gasteiger partial charge in [-0.25, -0.2) is 0 Å². The first-order chi connectivity index (χ1) is 8.65. The van der Waals surface area contributed by atoms with Crippen LogP contribution in [0.3, 0.4) is 0 Å². The van der Waals surface area contributed by atoms with Crippen molar-refractivity contribution in [2.75, 3.05) is 0 Å². The molecule has 0 bridgehead atoms. The Balaban J connectivity index is 2.64. The van der Waals surface area contributed by atoms with Gasteiger partial charge in [0, 0.05) is 0 Å². The average Bonchev–Trinajstić information content (AvgIpc) is 2.40. The van der Waals surface area contributed by atoms with Gasteiger partial charge >= 0.3 is 0 Å². The monoisotopic (exact) mass is 242 g/mol. The van der Waals surface area contributed by atoms with Crippen LogP contribution in [0.4, 0.5) is 0 Å². The highest BCUT2D eigenvalue weighted by Gasteiger charge is 2.08. The van der Waals surface area contributed by atoms with Crippen LogP contribution in [0.25, 0.3) is 11.1 Å². The maximum atomic E-state index is 9.44. The number of benzene rings is 2. The second-order valence-electron chi connectivity index (χ2n) is 4.63. The summed E-state index contributed by atoms with van der Waals surface area (Å²) in [6.45, 7) is 4.14. The van der Waals surface area contributed by atoms with Crippen molar-refractivity contribution in [1.82, 2.24) is 0 Å². The van der Waals surface area contributed by atoms with E-state index in [-0.39, 0.29) is 13.2 Å². The minimum atomic E-state index is 0.00836. The van der Waals surface area contributed by atoms with Crippen LogP contribution in [0, 0.1) is 13.8 Å². The molecule has 2 nitrogen and oxygen atoms in total. The first-order valence-corrected chi connectivity index (χ1v) is 6.07. The van der Waals surface area contributed by atoms with Crippen molar-refractivity contribution in [3.63, 3.8) is 0 Å². The average molecular weight is 242 g/mol. The van der Waals surface area contributed by atoms with Crippen molar-refractivity contribution < 1.29 is 10.2 Å². The van der Waals surface area contributed by atoms with Gasteiger partial charge in [0.15, 0.2) is 0 Å². The standard InChI is InChI=1S/C16H18O2/c1-11-3-4-12(2)15(7-11)16-8-13(9-17)5-6-14(16)10-18/h3-8,17-18H,9-10H2,1-2H3. The Bertz CT molecular complexity index is 559. The number of aryl methyl sites for hydroxylation is 2. The van der Waals surface area contributed by atoms with Crippen molar-refractivity contribution in [1.29, 1.82) is 0 Å². The van der Waals surface area contributed by atoms with Gasteiger partial charge in [0.05, 0.1) is 13.2 Å². The molecule has 0 unspecified atom stereocenters. The molecule has 0 aromatic heterocycles. The fourth-order valence-corrected chi connectivity index (χ4v) is 2.14. The smallest absolute Gasteiger partial charge is 0.0687 e. The second kappa shape index (κ2) is 5.34. The zero-order valence-corrected chi connectivity index (χ0v) is 10.8. The van der Waals surface area contributed by atoms with E-state index in [1.54, 1.807) is 0 Å². The van der Waals surface area contributed by atoms with Crippen molar-refractivity contribution in [2.24, 2.45) is 0 Å². The Kier molecular flexibility index (Phi) is 3.80. The topological polar surface area (TPSA) is 40.5 Å². The summed E-state index contributed by atoms with van der Waals surface area (Å²) < 4.78 is 0. The van der Waals surface area contributed by atoms with Gasteiger partial charge in [-0.05, 0) is 47.7 Å². The van der Waals surface area contributed by atoms with E-state index >= 15 is 0 Å². The molecule has 2 rings (SSSR count). The van der Waals surface area contributed by atoms with Crippen molar-refractivity contribution >= 4 is 0 Å². The van der Waals surface area contributed by atoms with Gasteiger partial charge in [-0.1, -0.05) is 35.9 Å². The predicted molar refractivity (Wildman–Crippen MR) is 73.2 cm³/mol. The van der Waals surface area contributed by atoms with E-state index in [1.165, 1.54) is 11.1 Å². The highest BCUT2D eigenvalue weighted by Crippen LogP contribution is 2.29. The van der Waals surface area contributed by atoms with E-state index in [1.807, 2.05) is 18.2 Å². The maximum absolute atomic E-state index is 9.44. The van der Waals surface area contributed by atoms with Crippen molar-refractivity contribution in [2.45, 2.75) is 27.1 Å². The van der Waals surface area contributed by atoms with Crippen LogP contribution in [0.15, 0.2) is 36.4 Å². The summed E-state index contributed by atoms with van der Waals surface area (Å²) in [6.07, 6.45) is 0. The van der Waals surface area contributed by atoms with Crippen LogP contribution in [0.2, 0.25) is 0 Å². The molecule has 0 fully saturated rings. The van der Waals surface area contributed by atoms with Gasteiger partial charge in [0.1, 0.15) is 0 Å². The number of rotatable bonds is 3. The molecule has 0 aliphatic rings. The summed E-state index contributed by atoms with van der Waals surface area (Å²) >= 11 is 0. The fraction of sp³-hybridized carbons (Fsp3) is 0.250. The van der Waals surface area contributed by atoms with E-state index in [4.69, 9.17) is 0 Å². The molecule has 0 aliphatic carbocycles. The van der Waals surface area contributed by atoms with Gasteiger partial charge in [-0.2, -0.15) is 0 Å². The Morgan fingerprint density at radius 2 is 1.61 bits per heavy atom. The number of aliphatic hydroxyl groups excluding tert-OH is 2. The molecule has 0 spiro atoms. The SMILES string of the molecule is Cc1ccc(C)c(-c2cc(CO)ccc2CO)c1. The molecule has 0 saturated carbocycles. The first-order valence-electron chi connectivity index (χ1n) is 6.07. The minimum Gasteiger partial charge on any atom is -0.392 e. The molecular formula is C16H18O2. The molecule has 0 saturated heterocycles. The third kappa shape index (κ3) is 2.45. The summed E-state index contributed by atoms with van der Waals surface area (Å²) in [4.78, 5) is 0. The van der Waals surface area contributed by atoms with E-state index in [9.17, 15) is 10.2 Å². The lowest BCUT2D eigenvalue weighted by molar-refractivity contribution is 0.278. The van der Waals surface area contributed by atoms with Gasteiger partial charge in [-0.15, -0.1) is 0 Å². The molecule has 2 aromatic carbocycles. The molecule has 0 heterocycles. The highest BCUT2D eigenvalue weighted by atomic mass is 16.3. The minimum absolute atomic E-state index is 0.00836. The molecular weight excluding hydrogens is 224 g/mol. The zero-order chi connectivity index (χ0) is 13.1. The summed E-state index contributed by atoms with van der Waals surface area (Å²) in [6, 6.07) is 12.0. The summed E-state index contributed by atoms with van der Waals surface area (Å²) in [5, 5.41) is 18.7. The van der Waals surface area contributed by atoms with Crippen molar-refractivity contribution in [3.8, 4) is 11.1 Å². The van der Waals surface area contributed by atoms with E-state index < -0.39 is 0 Å². The molecule has 94 valence electrons.